The van der Waals surface area contributed by atoms with Crippen LogP contribution in [-0.4, -0.2) is 18.6 Å². The van der Waals surface area contributed by atoms with Crippen LogP contribution in [0.5, 0.6) is 0 Å². The number of rotatable bonds is 3. The van der Waals surface area contributed by atoms with Crippen LogP contribution in [0.2, 0.25) is 0 Å². The summed E-state index contributed by atoms with van der Waals surface area (Å²) in [7, 11) is 0. The van der Waals surface area contributed by atoms with Gasteiger partial charge in [-0.15, -0.1) is 0 Å². The van der Waals surface area contributed by atoms with Crippen LogP contribution in [0.3, 0.4) is 0 Å². The minimum absolute atomic E-state index is 0.0259. The zero-order chi connectivity index (χ0) is 12.1. The summed E-state index contributed by atoms with van der Waals surface area (Å²) in [5.74, 6) is 1.27. The molecule has 0 heterocycles. The molecule has 1 saturated carbocycles. The van der Waals surface area contributed by atoms with Gasteiger partial charge >= 0.3 is 12.5 Å². The summed E-state index contributed by atoms with van der Waals surface area (Å²) >= 11 is 0. The highest BCUT2D eigenvalue weighted by Gasteiger charge is 2.33. The number of carbonyl (C=O) groups excluding carboxylic acids is 1. The summed E-state index contributed by atoms with van der Waals surface area (Å²) in [5.41, 5.74) is 0. The van der Waals surface area contributed by atoms with E-state index >= 15 is 0 Å². The van der Waals surface area contributed by atoms with E-state index in [9.17, 15) is 4.79 Å². The minimum Gasteiger partial charge on any atom is -0.457 e. The molecule has 0 spiro atoms. The fourth-order valence-corrected chi connectivity index (χ4v) is 2.52. The van der Waals surface area contributed by atoms with E-state index in [0.717, 1.165) is 12.8 Å². The Morgan fingerprint density at radius 2 is 2.19 bits per heavy atom. The van der Waals surface area contributed by atoms with Gasteiger partial charge in [0, 0.05) is 0 Å². The summed E-state index contributed by atoms with van der Waals surface area (Å²) in [4.78, 5) is 14.4. The predicted molar refractivity (Wildman–Crippen MR) is 62.7 cm³/mol. The van der Waals surface area contributed by atoms with Crippen LogP contribution in [0.15, 0.2) is 0 Å². The fourth-order valence-electron chi connectivity index (χ4n) is 2.52. The van der Waals surface area contributed by atoms with Crippen molar-refractivity contribution < 1.29 is 9.53 Å². The maximum Gasteiger partial charge on any atom is 0.387 e. The van der Waals surface area contributed by atoms with Crippen LogP contribution < -0.4 is 0 Å². The van der Waals surface area contributed by atoms with Crippen LogP contribution in [0, 0.1) is 24.3 Å². The topological polar surface area (TPSA) is 30.7 Å². The van der Waals surface area contributed by atoms with Crippen molar-refractivity contribution in [2.75, 3.05) is 6.54 Å². The Balaban J connectivity index is 2.58. The maximum atomic E-state index is 11.4. The van der Waals surface area contributed by atoms with Crippen LogP contribution in [0.4, 0.5) is 0 Å². The molecular formula is C13H21NO2. The highest BCUT2D eigenvalue weighted by Crippen LogP contribution is 2.35. The highest BCUT2D eigenvalue weighted by atomic mass is 16.5. The van der Waals surface area contributed by atoms with Gasteiger partial charge in [-0.3, -0.25) is 0 Å². The van der Waals surface area contributed by atoms with E-state index in [0.29, 0.717) is 17.8 Å². The second-order valence-electron chi connectivity index (χ2n) is 5.17. The molecule has 0 aromatic rings. The smallest absolute Gasteiger partial charge is 0.387 e. The van der Waals surface area contributed by atoms with Crippen molar-refractivity contribution in [1.82, 2.24) is 0 Å². The summed E-state index contributed by atoms with van der Waals surface area (Å²) in [6, 6.07) is 0. The van der Waals surface area contributed by atoms with Crippen molar-refractivity contribution in [2.45, 2.75) is 46.1 Å². The molecule has 0 aliphatic heterocycles. The number of nitrogens with zero attached hydrogens (tertiary/aromatic N) is 1. The molecule has 1 aliphatic rings. The average molecular weight is 223 g/mol. The van der Waals surface area contributed by atoms with Gasteiger partial charge in [-0.05, 0) is 30.6 Å². The molecule has 0 saturated heterocycles. The molecule has 0 aromatic heterocycles. The second-order valence-corrected chi connectivity index (χ2v) is 5.17. The molecule has 0 N–H and O–H groups in total. The molecule has 0 bridgehead atoms. The summed E-state index contributed by atoms with van der Waals surface area (Å²) in [5, 5.41) is 0. The van der Waals surface area contributed by atoms with Gasteiger partial charge in [-0.2, -0.15) is 0 Å². The first-order valence-corrected chi connectivity index (χ1v) is 6.07. The lowest BCUT2D eigenvalue weighted by atomic mass is 9.75. The largest absolute Gasteiger partial charge is 0.457 e. The molecule has 3 atom stereocenters. The van der Waals surface area contributed by atoms with E-state index in [1.807, 2.05) is 0 Å². The molecule has 1 aliphatic carbocycles. The Morgan fingerprint density at radius 1 is 1.50 bits per heavy atom. The molecule has 1 fully saturated rings. The van der Waals surface area contributed by atoms with E-state index in [-0.39, 0.29) is 18.6 Å². The van der Waals surface area contributed by atoms with Gasteiger partial charge in [0.05, 0.1) is 0 Å². The van der Waals surface area contributed by atoms with Crippen molar-refractivity contribution in [3.05, 3.63) is 11.4 Å². The van der Waals surface area contributed by atoms with Gasteiger partial charge in [0.25, 0.3) is 0 Å². The van der Waals surface area contributed by atoms with E-state index in [2.05, 4.69) is 25.6 Å². The van der Waals surface area contributed by atoms with Gasteiger partial charge in [0.15, 0.2) is 0 Å². The summed E-state index contributed by atoms with van der Waals surface area (Å²) < 4.78 is 5.42. The van der Waals surface area contributed by atoms with E-state index in [1.54, 1.807) is 0 Å². The van der Waals surface area contributed by atoms with Gasteiger partial charge < -0.3 is 9.58 Å². The van der Waals surface area contributed by atoms with E-state index in [4.69, 9.17) is 11.3 Å². The Morgan fingerprint density at radius 3 is 2.75 bits per heavy atom. The summed E-state index contributed by atoms with van der Waals surface area (Å²) in [6.45, 7) is 13.1. The maximum absolute atomic E-state index is 11.4. The van der Waals surface area contributed by atoms with Gasteiger partial charge in [-0.25, -0.2) is 11.4 Å². The molecule has 1 rings (SSSR count). The molecule has 16 heavy (non-hydrogen) atoms. The van der Waals surface area contributed by atoms with Crippen LogP contribution in [0.1, 0.15) is 40.0 Å². The van der Waals surface area contributed by atoms with Gasteiger partial charge in [0.2, 0.25) is 0 Å². The number of hydrogen-bond acceptors (Lipinski definition) is 2. The lowest BCUT2D eigenvalue weighted by Gasteiger charge is -2.36. The Hall–Kier alpha value is -1.04. The Bertz CT molecular complexity index is 280. The molecule has 3 nitrogen and oxygen atoms in total. The van der Waals surface area contributed by atoms with Gasteiger partial charge in [0.1, 0.15) is 6.10 Å². The van der Waals surface area contributed by atoms with Crippen LogP contribution >= 0.6 is 0 Å². The van der Waals surface area contributed by atoms with Crippen molar-refractivity contribution in [3.63, 3.8) is 0 Å². The number of carbonyl (C=O) groups is 1. The fraction of sp³-hybridized carbons (Fsp3) is 0.846. The van der Waals surface area contributed by atoms with E-state index < -0.39 is 0 Å². The van der Waals surface area contributed by atoms with Crippen LogP contribution in [0.25, 0.3) is 4.85 Å². The molecule has 3 heteroatoms. The first-order chi connectivity index (χ1) is 7.54. The first-order valence-electron chi connectivity index (χ1n) is 6.07. The number of esters is 1. The van der Waals surface area contributed by atoms with Crippen molar-refractivity contribution >= 4 is 5.97 Å². The van der Waals surface area contributed by atoms with E-state index in [1.165, 1.54) is 6.42 Å². The third-order valence-electron chi connectivity index (χ3n) is 3.45. The molecule has 0 aromatic carbocycles. The lowest BCUT2D eigenvalue weighted by molar-refractivity contribution is -0.153. The molecule has 0 amide bonds. The van der Waals surface area contributed by atoms with Gasteiger partial charge in [-0.1, -0.05) is 27.2 Å². The Labute approximate surface area is 98.0 Å². The average Bonchev–Trinajstić information content (AvgIpc) is 2.17. The first kappa shape index (κ1) is 13.0. The number of ether oxygens (including phenoxy) is 1. The van der Waals surface area contributed by atoms with Crippen molar-refractivity contribution in [2.24, 2.45) is 17.8 Å². The SMILES string of the molecule is [C-]#[N+]CC(=O)O[C@@H]1C[C@H](C)CC[C@H]1C(C)C. The lowest BCUT2D eigenvalue weighted by Crippen LogP contribution is -2.36. The molecular weight excluding hydrogens is 202 g/mol. The minimum atomic E-state index is -0.361. The zero-order valence-electron chi connectivity index (χ0n) is 10.4. The number of hydrogen-bond donors (Lipinski definition) is 0. The zero-order valence-corrected chi connectivity index (χ0v) is 10.4. The molecule has 0 unspecified atom stereocenters. The monoisotopic (exact) mass is 223 g/mol. The van der Waals surface area contributed by atoms with Crippen molar-refractivity contribution in [1.29, 1.82) is 0 Å². The molecule has 90 valence electrons. The second kappa shape index (κ2) is 5.89. The van der Waals surface area contributed by atoms with Crippen molar-refractivity contribution in [3.8, 4) is 0 Å². The van der Waals surface area contributed by atoms with Crippen LogP contribution in [-0.2, 0) is 9.53 Å². The Kier molecular flexibility index (Phi) is 4.79. The predicted octanol–water partition coefficient (Wildman–Crippen LogP) is 2.91. The third-order valence-corrected chi connectivity index (χ3v) is 3.45. The third kappa shape index (κ3) is 3.52. The standard InChI is InChI=1S/C13H21NO2/c1-9(2)11-6-5-10(3)7-12(11)16-13(15)8-14-4/h9-12H,5-8H2,1-3H3/t10-,11+,12-/m1/s1. The highest BCUT2D eigenvalue weighted by molar-refractivity contribution is 5.73. The quantitative estimate of drug-likeness (QED) is 0.544. The summed E-state index contributed by atoms with van der Waals surface area (Å²) in [6.07, 6.45) is 3.33. The normalized spacial score (nSPS) is 29.8. The molecule has 0 radical (unpaired) electrons.